The van der Waals surface area contributed by atoms with Gasteiger partial charge < -0.3 is 15.3 Å². The van der Waals surface area contributed by atoms with E-state index in [-0.39, 0.29) is 16.8 Å². The van der Waals surface area contributed by atoms with Crippen LogP contribution in [0.5, 0.6) is 5.75 Å². The first-order valence-corrected chi connectivity index (χ1v) is 13.1. The van der Waals surface area contributed by atoms with E-state index in [1.807, 2.05) is 18.3 Å². The molecule has 35 heavy (non-hydrogen) atoms. The molecule has 2 aliphatic heterocycles. The van der Waals surface area contributed by atoms with Crippen molar-refractivity contribution >= 4 is 17.2 Å². The van der Waals surface area contributed by atoms with Gasteiger partial charge in [-0.25, -0.2) is 9.97 Å². The summed E-state index contributed by atoms with van der Waals surface area (Å²) in [5.41, 5.74) is 1.67. The summed E-state index contributed by atoms with van der Waals surface area (Å²) >= 11 is 1.29. The normalized spacial score (nSPS) is 27.9. The molecule has 3 aromatic rings. The number of rotatable bonds is 5. The molecule has 0 radical (unpaired) electrons. The number of thiazole rings is 1. The minimum Gasteiger partial charge on any atom is -0.507 e. The number of aromatic nitrogens is 4. The van der Waals surface area contributed by atoms with Crippen molar-refractivity contribution in [3.05, 3.63) is 35.6 Å². The fourth-order valence-corrected chi connectivity index (χ4v) is 6.92. The molecule has 2 bridgehead atoms. The molecule has 1 aromatic carbocycles. The molecule has 0 spiro atoms. The lowest BCUT2D eigenvalue weighted by Gasteiger charge is -2.55. The highest BCUT2D eigenvalue weighted by atomic mass is 32.1. The summed E-state index contributed by atoms with van der Waals surface area (Å²) in [5, 5.41) is 33.1. The second-order valence-electron chi connectivity index (χ2n) is 10.8. The van der Waals surface area contributed by atoms with Crippen LogP contribution in [0.25, 0.3) is 21.8 Å². The fourth-order valence-electron chi connectivity index (χ4n) is 6.21. The van der Waals surface area contributed by atoms with E-state index in [0.717, 1.165) is 29.1 Å². The number of piperidine rings is 2. The van der Waals surface area contributed by atoms with Crippen molar-refractivity contribution in [1.29, 1.82) is 5.26 Å². The number of benzene rings is 1. The third-order valence-corrected chi connectivity index (χ3v) is 8.66. The van der Waals surface area contributed by atoms with E-state index in [2.05, 4.69) is 44.2 Å². The van der Waals surface area contributed by atoms with Gasteiger partial charge in [-0.1, -0.05) is 6.07 Å². The average molecular weight is 488 g/mol. The summed E-state index contributed by atoms with van der Waals surface area (Å²) in [6.07, 6.45) is 11.8. The molecule has 6 rings (SSSR count). The Bertz CT molecular complexity index is 1280. The molecule has 3 aliphatic rings. The maximum Gasteiger partial charge on any atom is 0.194 e. The Labute approximate surface area is 209 Å². The lowest BCUT2D eigenvalue weighted by atomic mass is 9.69. The molecule has 1 saturated carbocycles. The first-order valence-electron chi connectivity index (χ1n) is 12.3. The summed E-state index contributed by atoms with van der Waals surface area (Å²) in [7, 11) is 0. The van der Waals surface area contributed by atoms with Crippen LogP contribution in [0.3, 0.4) is 0 Å². The Morgan fingerprint density at radius 2 is 1.86 bits per heavy atom. The third kappa shape index (κ3) is 4.26. The molecule has 8 nitrogen and oxygen atoms in total. The van der Waals surface area contributed by atoms with Crippen LogP contribution in [0.4, 0.5) is 5.82 Å². The highest BCUT2D eigenvalue weighted by Crippen LogP contribution is 2.45. The number of fused-ring (bicyclic) bond motifs is 2. The topological polar surface area (TPSA) is 111 Å². The number of hydrogen-bond donors (Lipinski definition) is 2. The SMILES string of the molecule is C[C@]12CCC[C@](C)(CC(N(c3cnc(-c4ccc(-c5cnc(C#N)s5)cc4O)nn3)C3CC3)C1)N2. The first kappa shape index (κ1) is 22.4. The predicted molar refractivity (Wildman–Crippen MR) is 135 cm³/mol. The highest BCUT2D eigenvalue weighted by molar-refractivity contribution is 7.15. The van der Waals surface area contributed by atoms with Gasteiger partial charge in [-0.05, 0) is 76.5 Å². The quantitative estimate of drug-likeness (QED) is 0.534. The minimum absolute atomic E-state index is 0.0787. The van der Waals surface area contributed by atoms with Crippen LogP contribution in [0, 0.1) is 11.3 Å². The number of phenols is 1. The van der Waals surface area contributed by atoms with Crippen LogP contribution in [0.15, 0.2) is 30.6 Å². The zero-order valence-electron chi connectivity index (χ0n) is 20.0. The maximum atomic E-state index is 10.7. The second kappa shape index (κ2) is 8.25. The molecule has 2 N–H and O–H groups in total. The Balaban J connectivity index is 1.26. The molecule has 9 heteroatoms. The molecular weight excluding hydrogens is 458 g/mol. The van der Waals surface area contributed by atoms with Crippen molar-refractivity contribution in [2.24, 2.45) is 0 Å². The molecule has 180 valence electrons. The van der Waals surface area contributed by atoms with Crippen LogP contribution in [-0.4, -0.2) is 48.4 Å². The molecule has 0 amide bonds. The summed E-state index contributed by atoms with van der Waals surface area (Å²) in [6.45, 7) is 4.74. The third-order valence-electron chi connectivity index (χ3n) is 7.71. The lowest BCUT2D eigenvalue weighted by molar-refractivity contribution is 0.0766. The van der Waals surface area contributed by atoms with E-state index >= 15 is 0 Å². The Kier molecular flexibility index (Phi) is 5.27. The molecule has 1 unspecified atom stereocenters. The van der Waals surface area contributed by atoms with Crippen molar-refractivity contribution in [3.63, 3.8) is 0 Å². The van der Waals surface area contributed by atoms with E-state index in [1.54, 1.807) is 18.3 Å². The van der Waals surface area contributed by atoms with Gasteiger partial charge in [0.1, 0.15) is 11.8 Å². The molecular formula is C26H29N7OS. The predicted octanol–water partition coefficient (Wildman–Crippen LogP) is 4.66. The minimum atomic E-state index is 0.0787. The number of nitrogens with zero attached hydrogens (tertiary/aromatic N) is 6. The van der Waals surface area contributed by atoms with Gasteiger partial charge in [0.25, 0.3) is 0 Å². The van der Waals surface area contributed by atoms with E-state index in [9.17, 15) is 5.11 Å². The number of anilines is 1. The fraction of sp³-hybridized carbons (Fsp3) is 0.500. The van der Waals surface area contributed by atoms with E-state index in [1.165, 1.54) is 43.4 Å². The number of hydrogen-bond acceptors (Lipinski definition) is 9. The van der Waals surface area contributed by atoms with Gasteiger partial charge in [0, 0.05) is 29.4 Å². The van der Waals surface area contributed by atoms with Gasteiger partial charge in [-0.3, -0.25) is 0 Å². The number of phenolic OH excluding ortho intramolecular Hbond substituents is 1. The van der Waals surface area contributed by atoms with Crippen LogP contribution in [0.2, 0.25) is 0 Å². The number of aromatic hydroxyl groups is 1. The summed E-state index contributed by atoms with van der Waals surface area (Å²) in [6, 6.07) is 8.31. The monoisotopic (exact) mass is 487 g/mol. The molecule has 4 heterocycles. The van der Waals surface area contributed by atoms with Crippen molar-refractivity contribution < 1.29 is 5.11 Å². The van der Waals surface area contributed by atoms with Crippen molar-refractivity contribution in [2.45, 2.75) is 82.0 Å². The van der Waals surface area contributed by atoms with Crippen LogP contribution >= 0.6 is 11.3 Å². The largest absolute Gasteiger partial charge is 0.507 e. The highest BCUT2D eigenvalue weighted by Gasteiger charge is 2.49. The van der Waals surface area contributed by atoms with Gasteiger partial charge >= 0.3 is 0 Å². The van der Waals surface area contributed by atoms with Crippen molar-refractivity contribution in [3.8, 4) is 33.6 Å². The maximum absolute atomic E-state index is 10.7. The molecule has 3 atom stereocenters. The molecule has 2 saturated heterocycles. The van der Waals surface area contributed by atoms with E-state index < -0.39 is 0 Å². The first-order chi connectivity index (χ1) is 16.8. The zero-order chi connectivity index (χ0) is 24.2. The summed E-state index contributed by atoms with van der Waals surface area (Å²) in [5.74, 6) is 1.31. The van der Waals surface area contributed by atoms with Gasteiger partial charge in [0.05, 0.1) is 16.6 Å². The molecule has 2 aromatic heterocycles. The van der Waals surface area contributed by atoms with Crippen LogP contribution in [0.1, 0.15) is 63.8 Å². The molecule has 3 fully saturated rings. The average Bonchev–Trinajstić information content (AvgIpc) is 3.53. The van der Waals surface area contributed by atoms with Crippen molar-refractivity contribution in [2.75, 3.05) is 4.90 Å². The number of nitriles is 1. The molecule has 1 aliphatic carbocycles. The second-order valence-corrected chi connectivity index (χ2v) is 11.8. The Hall–Kier alpha value is -3.09. The Morgan fingerprint density at radius 3 is 2.46 bits per heavy atom. The number of nitrogens with one attached hydrogen (secondary N) is 1. The smallest absolute Gasteiger partial charge is 0.194 e. The van der Waals surface area contributed by atoms with Gasteiger partial charge in [0.2, 0.25) is 0 Å². The van der Waals surface area contributed by atoms with Gasteiger partial charge in [-0.2, -0.15) is 5.26 Å². The van der Waals surface area contributed by atoms with Crippen molar-refractivity contribution in [1.82, 2.24) is 25.5 Å². The summed E-state index contributed by atoms with van der Waals surface area (Å²) in [4.78, 5) is 12.0. The van der Waals surface area contributed by atoms with E-state index in [0.29, 0.717) is 28.5 Å². The van der Waals surface area contributed by atoms with Crippen LogP contribution in [-0.2, 0) is 0 Å². The van der Waals surface area contributed by atoms with Gasteiger partial charge in [-0.15, -0.1) is 21.5 Å². The van der Waals surface area contributed by atoms with Crippen LogP contribution < -0.4 is 10.2 Å². The standard InChI is InChI=1S/C26H29N7OS/c1-25-8-3-9-26(2,32-25)12-18(11-25)33(17-5-6-17)22-15-29-24(31-30-22)19-7-4-16(10-20(19)34)21-14-28-23(13-27)35-21/h4,7,10,14-15,17-18,32,34H,3,5-6,8-9,11-12H2,1-2H3/t18?,25-,26+. The zero-order valence-corrected chi connectivity index (χ0v) is 20.8. The van der Waals surface area contributed by atoms with Gasteiger partial charge in [0.15, 0.2) is 16.6 Å². The Morgan fingerprint density at radius 1 is 1.09 bits per heavy atom. The van der Waals surface area contributed by atoms with E-state index in [4.69, 9.17) is 5.26 Å². The lowest BCUT2D eigenvalue weighted by Crippen LogP contribution is -2.67. The summed E-state index contributed by atoms with van der Waals surface area (Å²) < 4.78 is 0.